The molecule has 1 aliphatic carbocycles. The van der Waals surface area contributed by atoms with Crippen LogP contribution < -0.4 is 5.32 Å². The Morgan fingerprint density at radius 2 is 2.19 bits per heavy atom. The van der Waals surface area contributed by atoms with Gasteiger partial charge < -0.3 is 5.32 Å². The lowest BCUT2D eigenvalue weighted by atomic mass is 9.94. The van der Waals surface area contributed by atoms with Gasteiger partial charge in [0.25, 0.3) is 0 Å². The third kappa shape index (κ3) is 1.75. The minimum absolute atomic E-state index is 0.614. The number of pyridine rings is 1. The molecule has 0 bridgehead atoms. The quantitative estimate of drug-likeness (QED) is 0.822. The largest absolute Gasteiger partial charge is 0.311 e. The Morgan fingerprint density at radius 1 is 1.38 bits per heavy atom. The van der Waals surface area contributed by atoms with Gasteiger partial charge in [0.15, 0.2) is 0 Å². The van der Waals surface area contributed by atoms with Crippen LogP contribution in [-0.4, -0.2) is 11.5 Å². The second kappa shape index (κ2) is 3.85. The number of aromatic nitrogens is 1. The number of hydrogen-bond donors (Lipinski definition) is 1. The van der Waals surface area contributed by atoms with Gasteiger partial charge in [-0.25, -0.2) is 0 Å². The number of nitrogens with zero attached hydrogens (tertiary/aromatic N) is 1. The molecule has 0 amide bonds. The molecule has 0 spiro atoms. The molecule has 1 aromatic rings. The third-order valence-electron chi connectivity index (χ3n) is 3.70. The Kier molecular flexibility index (Phi) is 2.47. The average Bonchev–Trinajstić information content (AvgIpc) is 3.11. The van der Waals surface area contributed by atoms with Crippen LogP contribution in [0.2, 0.25) is 0 Å². The lowest BCUT2D eigenvalue weighted by Gasteiger charge is -2.21. The molecule has 0 radical (unpaired) electrons. The molecule has 1 N–H and O–H groups in total. The van der Waals surface area contributed by atoms with Crippen molar-refractivity contribution in [3.05, 3.63) is 28.6 Å². The van der Waals surface area contributed by atoms with Gasteiger partial charge in [-0.2, -0.15) is 0 Å². The number of rotatable bonds is 2. The highest BCUT2D eigenvalue weighted by molar-refractivity contribution is 5.37. The Morgan fingerprint density at radius 3 is 2.88 bits per heavy atom. The molecule has 0 atom stereocenters. The lowest BCUT2D eigenvalue weighted by Crippen LogP contribution is -2.25. The van der Waals surface area contributed by atoms with E-state index in [0.29, 0.717) is 5.92 Å². The molecule has 2 aliphatic rings. The van der Waals surface area contributed by atoms with Gasteiger partial charge in [-0.15, -0.1) is 0 Å². The summed E-state index contributed by atoms with van der Waals surface area (Å²) in [4.78, 5) is 4.93. The highest BCUT2D eigenvalue weighted by Crippen LogP contribution is 2.42. The maximum absolute atomic E-state index is 4.93. The maximum Gasteiger partial charge on any atom is 0.0577 e. The lowest BCUT2D eigenvalue weighted by molar-refractivity contribution is 0.619. The second-order valence-corrected chi connectivity index (χ2v) is 5.42. The van der Waals surface area contributed by atoms with E-state index in [-0.39, 0.29) is 0 Å². The maximum atomic E-state index is 4.93. The van der Waals surface area contributed by atoms with Crippen LogP contribution in [0.5, 0.6) is 0 Å². The van der Waals surface area contributed by atoms with E-state index in [1.807, 2.05) is 0 Å². The topological polar surface area (TPSA) is 24.9 Å². The summed E-state index contributed by atoms with van der Waals surface area (Å²) in [5.74, 6) is 1.38. The summed E-state index contributed by atoms with van der Waals surface area (Å²) < 4.78 is 0. The van der Waals surface area contributed by atoms with Crippen molar-refractivity contribution >= 4 is 0 Å². The first-order valence-corrected chi connectivity index (χ1v) is 6.49. The molecular weight excluding hydrogens is 196 g/mol. The van der Waals surface area contributed by atoms with Crippen LogP contribution in [0, 0.1) is 0 Å². The number of nitrogens with one attached hydrogen (secondary N) is 1. The zero-order valence-corrected chi connectivity index (χ0v) is 10.2. The molecule has 0 saturated heterocycles. The van der Waals surface area contributed by atoms with E-state index in [1.54, 1.807) is 0 Å². The van der Waals surface area contributed by atoms with Crippen LogP contribution in [0.4, 0.5) is 0 Å². The minimum atomic E-state index is 0.614. The van der Waals surface area contributed by atoms with E-state index >= 15 is 0 Å². The smallest absolute Gasteiger partial charge is 0.0577 e. The third-order valence-corrected chi connectivity index (χ3v) is 3.70. The van der Waals surface area contributed by atoms with Gasteiger partial charge >= 0.3 is 0 Å². The molecule has 86 valence electrons. The van der Waals surface area contributed by atoms with Crippen LogP contribution in [-0.2, 0) is 13.0 Å². The van der Waals surface area contributed by atoms with Crippen molar-refractivity contribution in [1.82, 2.24) is 10.3 Å². The van der Waals surface area contributed by atoms with Crippen LogP contribution in [0.15, 0.2) is 6.07 Å². The summed E-state index contributed by atoms with van der Waals surface area (Å²) in [6.07, 6.45) is 3.84. The molecule has 0 unspecified atom stereocenters. The van der Waals surface area contributed by atoms with E-state index in [1.165, 1.54) is 35.4 Å². The molecule has 1 saturated carbocycles. The van der Waals surface area contributed by atoms with Crippen molar-refractivity contribution in [2.45, 2.75) is 51.5 Å². The average molecular weight is 216 g/mol. The van der Waals surface area contributed by atoms with Gasteiger partial charge in [-0.3, -0.25) is 4.98 Å². The summed E-state index contributed by atoms with van der Waals surface area (Å²) in [5, 5.41) is 3.41. The summed E-state index contributed by atoms with van der Waals surface area (Å²) >= 11 is 0. The molecule has 2 nitrogen and oxygen atoms in total. The minimum Gasteiger partial charge on any atom is -0.311 e. The van der Waals surface area contributed by atoms with Gasteiger partial charge in [0.05, 0.1) is 5.69 Å². The first-order valence-electron chi connectivity index (χ1n) is 6.49. The summed E-state index contributed by atoms with van der Waals surface area (Å²) in [6, 6.07) is 2.43. The summed E-state index contributed by atoms with van der Waals surface area (Å²) in [5.41, 5.74) is 5.69. The summed E-state index contributed by atoms with van der Waals surface area (Å²) in [7, 11) is 0. The fourth-order valence-electron chi connectivity index (χ4n) is 2.57. The molecule has 2 heterocycles. The predicted molar refractivity (Wildman–Crippen MR) is 65.7 cm³/mol. The molecule has 2 heteroatoms. The predicted octanol–water partition coefficient (Wildman–Crippen LogP) is 2.73. The van der Waals surface area contributed by atoms with Gasteiger partial charge in [-0.1, -0.05) is 19.9 Å². The van der Waals surface area contributed by atoms with E-state index in [2.05, 4.69) is 25.2 Å². The molecule has 3 rings (SSSR count). The zero-order chi connectivity index (χ0) is 11.1. The summed E-state index contributed by atoms with van der Waals surface area (Å²) in [6.45, 7) is 6.65. The first kappa shape index (κ1) is 10.3. The molecule has 16 heavy (non-hydrogen) atoms. The van der Waals surface area contributed by atoms with Crippen LogP contribution in [0.25, 0.3) is 0 Å². The van der Waals surface area contributed by atoms with Gasteiger partial charge in [0.2, 0.25) is 0 Å². The van der Waals surface area contributed by atoms with E-state index in [0.717, 1.165) is 25.4 Å². The van der Waals surface area contributed by atoms with Gasteiger partial charge in [0, 0.05) is 18.2 Å². The van der Waals surface area contributed by atoms with E-state index < -0.39 is 0 Å². The molecule has 1 aliphatic heterocycles. The number of hydrogen-bond acceptors (Lipinski definition) is 2. The molecule has 1 aromatic heterocycles. The highest BCUT2D eigenvalue weighted by atomic mass is 14.9. The Balaban J connectivity index is 2.07. The highest BCUT2D eigenvalue weighted by Gasteiger charge is 2.29. The second-order valence-electron chi connectivity index (χ2n) is 5.42. The Hall–Kier alpha value is -0.890. The van der Waals surface area contributed by atoms with E-state index in [9.17, 15) is 0 Å². The van der Waals surface area contributed by atoms with Crippen molar-refractivity contribution in [1.29, 1.82) is 0 Å². The number of fused-ring (bicyclic) bond motifs is 1. The van der Waals surface area contributed by atoms with Crippen molar-refractivity contribution in [3.63, 3.8) is 0 Å². The van der Waals surface area contributed by atoms with Crippen LogP contribution in [0.3, 0.4) is 0 Å². The van der Waals surface area contributed by atoms with Crippen molar-refractivity contribution in [2.24, 2.45) is 0 Å². The molecule has 1 fully saturated rings. The van der Waals surface area contributed by atoms with E-state index in [4.69, 9.17) is 4.98 Å². The van der Waals surface area contributed by atoms with Crippen LogP contribution in [0.1, 0.15) is 61.0 Å². The van der Waals surface area contributed by atoms with Crippen molar-refractivity contribution < 1.29 is 0 Å². The Labute approximate surface area is 97.5 Å². The van der Waals surface area contributed by atoms with Crippen molar-refractivity contribution in [2.75, 3.05) is 6.54 Å². The molecule has 0 aromatic carbocycles. The monoisotopic (exact) mass is 216 g/mol. The fraction of sp³-hybridized carbons (Fsp3) is 0.643. The standard InChI is InChI=1S/C14H20N2/c1-9(2)12-7-11-5-6-15-8-13(11)16-14(12)10-3-4-10/h7,9-10,15H,3-6,8H2,1-2H3. The van der Waals surface area contributed by atoms with Gasteiger partial charge in [0.1, 0.15) is 0 Å². The first-order chi connectivity index (χ1) is 7.75. The Bertz CT molecular complexity index is 374. The zero-order valence-electron chi connectivity index (χ0n) is 10.2. The SMILES string of the molecule is CC(C)c1cc2c(nc1C1CC1)CNCC2. The normalized spacial score (nSPS) is 19.9. The molecular formula is C14H20N2. The fourth-order valence-corrected chi connectivity index (χ4v) is 2.57. The van der Waals surface area contributed by atoms with Crippen LogP contribution >= 0.6 is 0 Å². The van der Waals surface area contributed by atoms with Crippen molar-refractivity contribution in [3.8, 4) is 0 Å². The van der Waals surface area contributed by atoms with Gasteiger partial charge in [-0.05, 0) is 42.9 Å².